The second kappa shape index (κ2) is 10.5. The highest BCUT2D eigenvalue weighted by atomic mass is 16.7. The Morgan fingerprint density at radius 1 is 0.973 bits per heavy atom. The van der Waals surface area contributed by atoms with Crippen LogP contribution in [0.1, 0.15) is 12.0 Å². The van der Waals surface area contributed by atoms with E-state index in [1.807, 2.05) is 0 Å². The fourth-order valence-corrected chi connectivity index (χ4v) is 3.91. The van der Waals surface area contributed by atoms with Crippen molar-refractivity contribution in [3.63, 3.8) is 0 Å². The lowest BCUT2D eigenvalue weighted by molar-refractivity contribution is -0.291. The smallest absolute Gasteiger partial charge is 0.317 e. The van der Waals surface area contributed by atoms with Crippen LogP contribution in [0.15, 0.2) is 65.3 Å². The van der Waals surface area contributed by atoms with Crippen molar-refractivity contribution in [3.8, 4) is 5.75 Å². The van der Waals surface area contributed by atoms with Crippen LogP contribution in [0.5, 0.6) is 5.75 Å². The van der Waals surface area contributed by atoms with Gasteiger partial charge in [0.05, 0.1) is 17.2 Å². The number of phenolic OH excluding ortho intramolecular Hbond substituents is 1. The van der Waals surface area contributed by atoms with E-state index in [1.54, 1.807) is 0 Å². The Kier molecular flexibility index (Phi) is 7.40. The Labute approximate surface area is 209 Å². The third kappa shape index (κ3) is 5.70. The van der Waals surface area contributed by atoms with Crippen LogP contribution >= 0.6 is 0 Å². The van der Waals surface area contributed by atoms with Crippen LogP contribution in [0, 0.1) is 0 Å². The third-order valence-electron chi connectivity index (χ3n) is 5.77. The summed E-state index contributed by atoms with van der Waals surface area (Å²) in [7, 11) is 0. The quantitative estimate of drug-likeness (QED) is 0.139. The summed E-state index contributed by atoms with van der Waals surface area (Å²) in [6.07, 6.45) is -6.09. The average molecular weight is 521 g/mol. The lowest BCUT2D eigenvalue weighted by Gasteiger charge is -2.40. The van der Waals surface area contributed by atoms with Gasteiger partial charge in [-0.05, 0) is 24.3 Å². The second-order valence-corrected chi connectivity index (χ2v) is 8.44. The number of allylic oxidation sites excluding steroid dienone is 2. The highest BCUT2D eigenvalue weighted by molar-refractivity contribution is 5.90. The van der Waals surface area contributed by atoms with Crippen molar-refractivity contribution in [2.24, 2.45) is 0 Å². The summed E-state index contributed by atoms with van der Waals surface area (Å²) in [6.45, 7) is -0.637. The van der Waals surface area contributed by atoms with Gasteiger partial charge in [0.1, 0.15) is 54.7 Å². The van der Waals surface area contributed by atoms with E-state index in [9.17, 15) is 40.2 Å². The Morgan fingerprint density at radius 2 is 1.68 bits per heavy atom. The monoisotopic (exact) mass is 521 g/mol. The predicted molar refractivity (Wildman–Crippen MR) is 122 cm³/mol. The van der Waals surface area contributed by atoms with E-state index in [0.29, 0.717) is 5.56 Å². The fraction of sp³-hybridized carbons (Fsp3) is 0.333. The molecule has 3 aliphatic rings. The number of benzene rings is 1. The number of carboxylic acids is 1. The van der Waals surface area contributed by atoms with Gasteiger partial charge in [0, 0.05) is 12.2 Å². The van der Waals surface area contributed by atoms with Crippen molar-refractivity contribution >= 4 is 17.7 Å². The molecule has 4 rings (SSSR count). The number of carbonyl (C=O) groups is 2. The van der Waals surface area contributed by atoms with Crippen molar-refractivity contribution in [3.05, 3.63) is 70.9 Å². The number of ether oxygens (including phenoxy) is 4. The molecule has 0 spiro atoms. The summed E-state index contributed by atoms with van der Waals surface area (Å²) >= 11 is 0. The van der Waals surface area contributed by atoms with Crippen molar-refractivity contribution in [1.82, 2.24) is 0 Å². The normalized spacial score (nSPS) is 29.2. The summed E-state index contributed by atoms with van der Waals surface area (Å²) in [6, 6.07) is 5.85. The molecule has 13 heteroatoms. The molecule has 13 nitrogen and oxygen atoms in total. The van der Waals surface area contributed by atoms with Gasteiger partial charge in [-0.25, -0.2) is 0 Å². The number of aliphatic hydroxyl groups excluding tert-OH is 5. The molecule has 0 saturated carbocycles. The van der Waals surface area contributed by atoms with Gasteiger partial charge in [0.15, 0.2) is 0 Å². The van der Waals surface area contributed by atoms with Gasteiger partial charge in [-0.3, -0.25) is 9.59 Å². The first kappa shape index (κ1) is 26.0. The summed E-state index contributed by atoms with van der Waals surface area (Å²) in [5.41, 5.74) is 0.704. The molecule has 198 valence electrons. The lowest BCUT2D eigenvalue weighted by atomic mass is 9.97. The van der Waals surface area contributed by atoms with E-state index < -0.39 is 61.8 Å². The maximum atomic E-state index is 11.6. The maximum Gasteiger partial charge on any atom is 0.317 e. The zero-order valence-corrected chi connectivity index (χ0v) is 19.0. The summed E-state index contributed by atoms with van der Waals surface area (Å²) in [5.74, 6) is -2.87. The molecule has 37 heavy (non-hydrogen) atoms. The number of aliphatic carboxylic acids is 1. The van der Waals surface area contributed by atoms with Gasteiger partial charge in [0.25, 0.3) is 0 Å². The van der Waals surface area contributed by atoms with E-state index in [-0.39, 0.29) is 34.4 Å². The number of hydrogen-bond acceptors (Lipinski definition) is 11. The largest absolute Gasteiger partial charge is 0.571 e. The van der Waals surface area contributed by atoms with Crippen LogP contribution in [0.3, 0.4) is 0 Å². The number of rotatable bonds is 7. The van der Waals surface area contributed by atoms with Gasteiger partial charge < -0.3 is 54.7 Å². The molecule has 1 saturated heterocycles. The topological polar surface area (TPSA) is 216 Å². The first-order chi connectivity index (χ1) is 17.5. The summed E-state index contributed by atoms with van der Waals surface area (Å²) < 4.78 is 20.7. The molecule has 6 atom stereocenters. The molecular formula is C24H25O13+. The molecule has 2 aliphatic heterocycles. The van der Waals surface area contributed by atoms with Crippen molar-refractivity contribution in [2.45, 2.75) is 43.2 Å². The van der Waals surface area contributed by atoms with Gasteiger partial charge in [0.2, 0.25) is 18.2 Å². The molecule has 0 radical (unpaired) electrons. The van der Waals surface area contributed by atoms with Crippen LogP contribution in [0.2, 0.25) is 0 Å². The zero-order chi connectivity index (χ0) is 26.9. The molecule has 0 bridgehead atoms. The number of fused-ring (bicyclic) bond motifs is 1. The molecule has 1 unspecified atom stereocenters. The van der Waals surface area contributed by atoms with Gasteiger partial charge in [-0.15, -0.1) is 0 Å². The highest BCUT2D eigenvalue weighted by Gasteiger charge is 2.47. The van der Waals surface area contributed by atoms with Crippen LogP contribution in [0.4, 0.5) is 0 Å². The first-order valence-corrected chi connectivity index (χ1v) is 11.0. The molecule has 0 aromatic heterocycles. The molecule has 2 heterocycles. The van der Waals surface area contributed by atoms with Crippen LogP contribution in [0.25, 0.3) is 5.76 Å². The SMILES string of the molecule is O=C(O)CC(=O)OC[C@H]1O[C@@H](OC2=C(c3ccc(O)cc3)[OH+]C3C=C(O)C=C(O)C3=C2)[C@H](O)[C@@H](O)[C@@H]1O. The lowest BCUT2D eigenvalue weighted by Crippen LogP contribution is -2.59. The standard InChI is InChI=1S/C24H24O13/c25-11-3-1-10(2-4-11)23-16(7-13-14(27)5-12(26)6-15(13)35-23)36-24-22(33)21(32)20(31)17(37-24)9-34-19(30)8-18(28)29/h1-7,15,17,20-22,24-27,31-33H,8-9H2,(H,28,29)/p+1/t15?,17-,20-,21+,22-,24-/m1/s1. The van der Waals surface area contributed by atoms with Gasteiger partial charge in [-0.2, -0.15) is 0 Å². The molecule has 1 aromatic carbocycles. The highest BCUT2D eigenvalue weighted by Crippen LogP contribution is 2.36. The van der Waals surface area contributed by atoms with E-state index in [4.69, 9.17) is 19.3 Å². The molecule has 1 fully saturated rings. The van der Waals surface area contributed by atoms with Crippen molar-refractivity contribution in [2.75, 3.05) is 6.61 Å². The van der Waals surface area contributed by atoms with Crippen molar-refractivity contribution in [1.29, 1.82) is 0 Å². The van der Waals surface area contributed by atoms with Crippen LogP contribution in [-0.2, 0) is 23.8 Å². The van der Waals surface area contributed by atoms with Crippen molar-refractivity contribution < 1.29 is 64.3 Å². The predicted octanol–water partition coefficient (Wildman–Crippen LogP) is -0.363. The van der Waals surface area contributed by atoms with E-state index in [0.717, 1.165) is 6.08 Å². The van der Waals surface area contributed by atoms with E-state index in [2.05, 4.69) is 4.74 Å². The van der Waals surface area contributed by atoms with E-state index in [1.165, 1.54) is 36.4 Å². The number of carbonyl (C=O) groups excluding carboxylic acids is 1. The molecule has 0 amide bonds. The molecule has 8 N–H and O–H groups in total. The van der Waals surface area contributed by atoms with Crippen LogP contribution < -0.4 is 0 Å². The number of aliphatic hydroxyl groups is 7. The number of carboxylic acid groups (broad SMARTS) is 1. The minimum Gasteiger partial charge on any atom is -0.571 e. The average Bonchev–Trinajstić information content (AvgIpc) is 2.83. The number of phenols is 1. The number of aromatic hydroxyl groups is 1. The Morgan fingerprint density at radius 3 is 2.35 bits per heavy atom. The summed E-state index contributed by atoms with van der Waals surface area (Å²) in [4.78, 5) is 22.2. The Hall–Kier alpha value is -4.04. The second-order valence-electron chi connectivity index (χ2n) is 8.44. The molecular weight excluding hydrogens is 496 g/mol. The fourth-order valence-electron chi connectivity index (χ4n) is 3.91. The zero-order valence-electron chi connectivity index (χ0n) is 19.0. The third-order valence-corrected chi connectivity index (χ3v) is 5.77. The maximum absolute atomic E-state index is 11.6. The molecule has 1 aliphatic carbocycles. The Bertz CT molecular complexity index is 1180. The van der Waals surface area contributed by atoms with Gasteiger partial charge >= 0.3 is 17.7 Å². The summed E-state index contributed by atoms with van der Waals surface area (Å²) in [5, 5.41) is 69.6. The molecule has 1 aromatic rings. The van der Waals surface area contributed by atoms with E-state index >= 15 is 0 Å². The number of hydrogen-bond donors (Lipinski definition) is 7. The van der Waals surface area contributed by atoms with Crippen LogP contribution in [-0.4, -0.2) is 95.8 Å². The minimum atomic E-state index is -1.79. The first-order valence-electron chi connectivity index (χ1n) is 11.0. The van der Waals surface area contributed by atoms with Gasteiger partial charge in [-0.1, -0.05) is 0 Å². The minimum absolute atomic E-state index is 0.0157. The Balaban J connectivity index is 1.62. The number of esters is 1.